The molecule has 1 heterocycles. The van der Waals surface area contributed by atoms with Crippen molar-refractivity contribution in [1.29, 1.82) is 0 Å². The van der Waals surface area contributed by atoms with E-state index in [1.54, 1.807) is 18.1 Å². The van der Waals surface area contributed by atoms with E-state index in [1.807, 2.05) is 7.05 Å². The molecule has 0 saturated carbocycles. The van der Waals surface area contributed by atoms with Gasteiger partial charge in [0.2, 0.25) is 0 Å². The van der Waals surface area contributed by atoms with Crippen molar-refractivity contribution in [3.05, 3.63) is 47.5 Å². The molecule has 24 heavy (non-hydrogen) atoms. The Morgan fingerprint density at radius 2 is 1.92 bits per heavy atom. The van der Waals surface area contributed by atoms with Crippen molar-refractivity contribution in [3.8, 4) is 0 Å². The summed E-state index contributed by atoms with van der Waals surface area (Å²) < 4.78 is 1.74. The van der Waals surface area contributed by atoms with Crippen molar-refractivity contribution in [2.45, 2.75) is 19.6 Å². The predicted molar refractivity (Wildman–Crippen MR) is 107 cm³/mol. The molecule has 0 aliphatic heterocycles. The molecule has 1 aromatic carbocycles. The first-order valence-electron chi connectivity index (χ1n) is 7.58. The van der Waals surface area contributed by atoms with Crippen LogP contribution < -0.4 is 10.6 Å². The number of aromatic nitrogens is 3. The first-order valence-corrected chi connectivity index (χ1v) is 7.58. The van der Waals surface area contributed by atoms with E-state index in [0.717, 1.165) is 24.9 Å². The topological polar surface area (TPSA) is 70.4 Å². The Morgan fingerprint density at radius 1 is 1.21 bits per heavy atom. The largest absolute Gasteiger partial charge is 0.352 e. The van der Waals surface area contributed by atoms with E-state index in [1.165, 1.54) is 11.1 Å². The fourth-order valence-electron chi connectivity index (χ4n) is 2.25. The van der Waals surface area contributed by atoms with Gasteiger partial charge in [0.25, 0.3) is 0 Å². The van der Waals surface area contributed by atoms with Crippen LogP contribution in [0.2, 0.25) is 0 Å². The van der Waals surface area contributed by atoms with Gasteiger partial charge >= 0.3 is 0 Å². The van der Waals surface area contributed by atoms with E-state index >= 15 is 0 Å². The molecule has 0 fully saturated rings. The van der Waals surface area contributed by atoms with E-state index in [-0.39, 0.29) is 24.0 Å². The van der Waals surface area contributed by atoms with E-state index in [2.05, 4.69) is 69.0 Å². The van der Waals surface area contributed by atoms with Gasteiger partial charge in [-0.05, 0) is 25.2 Å². The summed E-state index contributed by atoms with van der Waals surface area (Å²) in [6.07, 6.45) is 1.55. The quantitative estimate of drug-likeness (QED) is 0.401. The van der Waals surface area contributed by atoms with Crippen molar-refractivity contribution in [2.75, 3.05) is 21.1 Å². The maximum absolute atomic E-state index is 4.23. The summed E-state index contributed by atoms with van der Waals surface area (Å²) in [5, 5.41) is 10.6. The average molecular weight is 443 g/mol. The minimum absolute atomic E-state index is 0. The van der Waals surface area contributed by atoms with Crippen molar-refractivity contribution in [3.63, 3.8) is 0 Å². The SMILES string of the molecule is CN=C(NCc1cccc(CN(C)C)c1)NCc1ncnn1C.I. The number of nitrogens with one attached hydrogen (secondary N) is 2. The van der Waals surface area contributed by atoms with Crippen molar-refractivity contribution < 1.29 is 0 Å². The molecular formula is C16H26IN7. The fourth-order valence-corrected chi connectivity index (χ4v) is 2.25. The first-order chi connectivity index (χ1) is 11.1. The van der Waals surface area contributed by atoms with E-state index in [9.17, 15) is 0 Å². The summed E-state index contributed by atoms with van der Waals surface area (Å²) in [5.74, 6) is 1.60. The Hall–Kier alpha value is -1.68. The summed E-state index contributed by atoms with van der Waals surface area (Å²) in [4.78, 5) is 10.6. The third kappa shape index (κ3) is 6.44. The molecule has 7 nitrogen and oxygen atoms in total. The van der Waals surface area contributed by atoms with E-state index in [0.29, 0.717) is 6.54 Å². The third-order valence-electron chi connectivity index (χ3n) is 3.39. The van der Waals surface area contributed by atoms with Crippen molar-refractivity contribution >= 4 is 29.9 Å². The van der Waals surface area contributed by atoms with Crippen LogP contribution in [0.5, 0.6) is 0 Å². The number of hydrogen-bond acceptors (Lipinski definition) is 4. The molecule has 0 radical (unpaired) electrons. The molecule has 132 valence electrons. The van der Waals surface area contributed by atoms with E-state index in [4.69, 9.17) is 0 Å². The van der Waals surface area contributed by atoms with Gasteiger partial charge in [-0.1, -0.05) is 24.3 Å². The summed E-state index contributed by atoms with van der Waals surface area (Å²) in [7, 11) is 7.78. The molecule has 0 amide bonds. The molecule has 8 heteroatoms. The van der Waals surface area contributed by atoms with Gasteiger partial charge in [-0.3, -0.25) is 9.67 Å². The highest BCUT2D eigenvalue weighted by molar-refractivity contribution is 14.0. The Bertz CT molecular complexity index is 651. The maximum Gasteiger partial charge on any atom is 0.191 e. The normalized spacial score (nSPS) is 11.3. The van der Waals surface area contributed by atoms with Gasteiger partial charge in [-0.25, -0.2) is 4.98 Å². The summed E-state index contributed by atoms with van der Waals surface area (Å²) in [6, 6.07) is 8.56. The fraction of sp³-hybridized carbons (Fsp3) is 0.438. The minimum Gasteiger partial charge on any atom is -0.352 e. The second kappa shape index (κ2) is 10.2. The molecule has 0 aliphatic rings. The monoisotopic (exact) mass is 443 g/mol. The molecule has 0 bridgehead atoms. The van der Waals surface area contributed by atoms with Crippen LogP contribution in [0.25, 0.3) is 0 Å². The molecule has 0 saturated heterocycles. The van der Waals surface area contributed by atoms with Gasteiger partial charge in [0, 0.05) is 27.2 Å². The molecule has 1 aromatic heterocycles. The molecule has 0 unspecified atom stereocenters. The van der Waals surface area contributed by atoms with Gasteiger partial charge in [-0.15, -0.1) is 24.0 Å². The van der Waals surface area contributed by atoms with Crippen LogP contribution in [0.1, 0.15) is 17.0 Å². The van der Waals surface area contributed by atoms with Gasteiger partial charge in [0.05, 0.1) is 6.54 Å². The third-order valence-corrected chi connectivity index (χ3v) is 3.39. The van der Waals surface area contributed by atoms with Crippen LogP contribution in [-0.2, 0) is 26.7 Å². The Kier molecular flexibility index (Phi) is 8.69. The Balaban J connectivity index is 0.00000288. The van der Waals surface area contributed by atoms with Crippen LogP contribution in [0, 0.1) is 0 Å². The van der Waals surface area contributed by atoms with Crippen LogP contribution in [0.4, 0.5) is 0 Å². The highest BCUT2D eigenvalue weighted by atomic mass is 127. The minimum atomic E-state index is 0. The summed E-state index contributed by atoms with van der Waals surface area (Å²) in [6.45, 7) is 2.24. The van der Waals surface area contributed by atoms with Crippen LogP contribution in [0.15, 0.2) is 35.6 Å². The lowest BCUT2D eigenvalue weighted by atomic mass is 10.1. The standard InChI is InChI=1S/C16H25N7.HI/c1-17-16(19-10-15-20-12-21-23(15)4)18-9-13-6-5-7-14(8-13)11-22(2)3;/h5-8,12H,9-11H2,1-4H3,(H2,17,18,19);1H. The Labute approximate surface area is 160 Å². The number of guanidine groups is 1. The lowest BCUT2D eigenvalue weighted by Gasteiger charge is -2.13. The van der Waals surface area contributed by atoms with Gasteiger partial charge < -0.3 is 15.5 Å². The summed E-state index contributed by atoms with van der Waals surface area (Å²) >= 11 is 0. The van der Waals surface area contributed by atoms with Crippen LogP contribution >= 0.6 is 24.0 Å². The number of halogens is 1. The molecule has 2 N–H and O–H groups in total. The van der Waals surface area contributed by atoms with Gasteiger partial charge in [0.15, 0.2) is 5.96 Å². The molecule has 2 rings (SSSR count). The zero-order chi connectivity index (χ0) is 16.7. The van der Waals surface area contributed by atoms with Crippen molar-refractivity contribution in [1.82, 2.24) is 30.3 Å². The second-order valence-corrected chi connectivity index (χ2v) is 5.64. The summed E-state index contributed by atoms with van der Waals surface area (Å²) in [5.41, 5.74) is 2.53. The first kappa shape index (κ1) is 20.4. The molecule has 0 atom stereocenters. The number of nitrogens with zero attached hydrogens (tertiary/aromatic N) is 5. The second-order valence-electron chi connectivity index (χ2n) is 5.64. The Morgan fingerprint density at radius 3 is 2.54 bits per heavy atom. The number of benzene rings is 1. The predicted octanol–water partition coefficient (Wildman–Crippen LogP) is 1.36. The smallest absolute Gasteiger partial charge is 0.191 e. The van der Waals surface area contributed by atoms with Crippen LogP contribution in [-0.4, -0.2) is 46.8 Å². The number of rotatable bonds is 6. The number of aryl methyl sites for hydroxylation is 1. The highest BCUT2D eigenvalue weighted by Crippen LogP contribution is 2.06. The molecule has 2 aromatic rings. The average Bonchev–Trinajstić information content (AvgIpc) is 2.92. The molecular weight excluding hydrogens is 417 g/mol. The van der Waals surface area contributed by atoms with Crippen molar-refractivity contribution in [2.24, 2.45) is 12.0 Å². The van der Waals surface area contributed by atoms with Crippen LogP contribution in [0.3, 0.4) is 0 Å². The lowest BCUT2D eigenvalue weighted by molar-refractivity contribution is 0.402. The van der Waals surface area contributed by atoms with Gasteiger partial charge in [0.1, 0.15) is 12.2 Å². The van der Waals surface area contributed by atoms with Gasteiger partial charge in [-0.2, -0.15) is 5.10 Å². The number of aliphatic imine (C=N–C) groups is 1. The highest BCUT2D eigenvalue weighted by Gasteiger charge is 2.03. The lowest BCUT2D eigenvalue weighted by Crippen LogP contribution is -2.37. The zero-order valence-corrected chi connectivity index (χ0v) is 17.0. The maximum atomic E-state index is 4.23. The molecule has 0 spiro atoms. The van der Waals surface area contributed by atoms with E-state index < -0.39 is 0 Å². The molecule has 0 aliphatic carbocycles. The zero-order valence-electron chi connectivity index (χ0n) is 14.7. The number of hydrogen-bond donors (Lipinski definition) is 2.